The van der Waals surface area contributed by atoms with E-state index in [1.54, 1.807) is 0 Å². The third-order valence-corrected chi connectivity index (χ3v) is 4.87. The van der Waals surface area contributed by atoms with E-state index in [4.69, 9.17) is 0 Å². The molecule has 4 rings (SSSR count). The van der Waals surface area contributed by atoms with Crippen molar-refractivity contribution < 1.29 is 9.72 Å². The van der Waals surface area contributed by atoms with Gasteiger partial charge in [-0.3, -0.25) is 20.2 Å². The van der Waals surface area contributed by atoms with Gasteiger partial charge in [-0.15, -0.1) is 11.3 Å². The number of fused-ring (bicyclic) bond motifs is 1. The number of nitrogens with zero attached hydrogens (tertiary/aromatic N) is 2. The normalized spacial score (nSPS) is 10.7. The molecule has 1 N–H and O–H groups in total. The quantitative estimate of drug-likeness (QED) is 0.396. The average Bonchev–Trinajstić information content (AvgIpc) is 3.16. The monoisotopic (exact) mass is 375 g/mol. The second kappa shape index (κ2) is 6.97. The summed E-state index contributed by atoms with van der Waals surface area (Å²) in [6.07, 6.45) is 0. The van der Waals surface area contributed by atoms with Crippen LogP contribution in [0.25, 0.3) is 22.0 Å². The van der Waals surface area contributed by atoms with Gasteiger partial charge in [-0.05, 0) is 29.0 Å². The molecule has 0 radical (unpaired) electrons. The number of thiazole rings is 1. The fourth-order valence-electron chi connectivity index (χ4n) is 2.72. The van der Waals surface area contributed by atoms with Gasteiger partial charge in [-0.1, -0.05) is 36.4 Å². The molecule has 0 saturated carbocycles. The molecule has 4 aromatic rings. The highest BCUT2D eigenvalue weighted by atomic mass is 32.1. The SMILES string of the molecule is O=C(Nc1nc(-c2ccc3ccccc3c2)cs1)c1ccc([N+](=O)[O-])cc1. The molecule has 1 heterocycles. The van der Waals surface area contributed by atoms with Crippen LogP contribution in [0.2, 0.25) is 0 Å². The van der Waals surface area contributed by atoms with Crippen molar-refractivity contribution in [3.8, 4) is 11.3 Å². The number of nitro groups is 1. The van der Waals surface area contributed by atoms with Gasteiger partial charge in [0.15, 0.2) is 5.13 Å². The van der Waals surface area contributed by atoms with Crippen molar-refractivity contribution in [3.05, 3.63) is 87.8 Å². The Hall–Kier alpha value is -3.58. The summed E-state index contributed by atoms with van der Waals surface area (Å²) in [6, 6.07) is 19.6. The predicted octanol–water partition coefficient (Wildman–Crippen LogP) is 5.12. The van der Waals surface area contributed by atoms with Crippen molar-refractivity contribution in [2.75, 3.05) is 5.32 Å². The number of nitro benzene ring substituents is 1. The summed E-state index contributed by atoms with van der Waals surface area (Å²) < 4.78 is 0. The molecule has 0 aliphatic carbocycles. The molecule has 7 heteroatoms. The van der Waals surface area contributed by atoms with E-state index < -0.39 is 4.92 Å². The van der Waals surface area contributed by atoms with Crippen LogP contribution in [0.15, 0.2) is 72.1 Å². The van der Waals surface area contributed by atoms with Gasteiger partial charge in [0.05, 0.1) is 10.6 Å². The number of rotatable bonds is 4. The molecule has 6 nitrogen and oxygen atoms in total. The number of anilines is 1. The number of amides is 1. The van der Waals surface area contributed by atoms with Crippen molar-refractivity contribution in [2.45, 2.75) is 0 Å². The topological polar surface area (TPSA) is 85.1 Å². The Morgan fingerprint density at radius 2 is 1.74 bits per heavy atom. The zero-order valence-corrected chi connectivity index (χ0v) is 14.8. The molecule has 1 amide bonds. The van der Waals surface area contributed by atoms with Crippen molar-refractivity contribution in [1.82, 2.24) is 4.98 Å². The minimum Gasteiger partial charge on any atom is -0.298 e. The Morgan fingerprint density at radius 3 is 2.48 bits per heavy atom. The number of hydrogen-bond donors (Lipinski definition) is 1. The van der Waals surface area contributed by atoms with Crippen LogP contribution < -0.4 is 5.32 Å². The van der Waals surface area contributed by atoms with Crippen LogP contribution in [0.3, 0.4) is 0 Å². The number of carbonyl (C=O) groups excluding carboxylic acids is 1. The van der Waals surface area contributed by atoms with Gasteiger partial charge in [0, 0.05) is 28.6 Å². The lowest BCUT2D eigenvalue weighted by atomic mass is 10.1. The van der Waals surface area contributed by atoms with Crippen LogP contribution in [0.4, 0.5) is 10.8 Å². The number of non-ortho nitro benzene ring substituents is 1. The van der Waals surface area contributed by atoms with Crippen LogP contribution in [0, 0.1) is 10.1 Å². The smallest absolute Gasteiger partial charge is 0.269 e. The third kappa shape index (κ3) is 3.54. The first kappa shape index (κ1) is 16.9. The Labute approximate surface area is 158 Å². The van der Waals surface area contributed by atoms with Gasteiger partial charge >= 0.3 is 0 Å². The van der Waals surface area contributed by atoms with E-state index in [0.717, 1.165) is 22.0 Å². The van der Waals surface area contributed by atoms with E-state index >= 15 is 0 Å². The fraction of sp³-hybridized carbons (Fsp3) is 0. The van der Waals surface area contributed by atoms with Gasteiger partial charge in [-0.25, -0.2) is 4.98 Å². The largest absolute Gasteiger partial charge is 0.298 e. The third-order valence-electron chi connectivity index (χ3n) is 4.11. The van der Waals surface area contributed by atoms with E-state index in [1.165, 1.54) is 35.6 Å². The Kier molecular flexibility index (Phi) is 4.35. The molecule has 0 aliphatic rings. The summed E-state index contributed by atoms with van der Waals surface area (Å²) in [4.78, 5) is 27.0. The first-order chi connectivity index (χ1) is 13.1. The predicted molar refractivity (Wildman–Crippen MR) is 106 cm³/mol. The molecule has 0 spiro atoms. The molecular weight excluding hydrogens is 362 g/mol. The van der Waals surface area contributed by atoms with Crippen molar-refractivity contribution >= 4 is 38.8 Å². The molecule has 0 unspecified atom stereocenters. The maximum atomic E-state index is 12.3. The number of aromatic nitrogens is 1. The number of carbonyl (C=O) groups is 1. The van der Waals surface area contributed by atoms with Crippen LogP contribution in [-0.4, -0.2) is 15.8 Å². The first-order valence-corrected chi connectivity index (χ1v) is 8.98. The van der Waals surface area contributed by atoms with Gasteiger partial charge < -0.3 is 0 Å². The number of hydrogen-bond acceptors (Lipinski definition) is 5. The van der Waals surface area contributed by atoms with Crippen LogP contribution in [0.5, 0.6) is 0 Å². The summed E-state index contributed by atoms with van der Waals surface area (Å²) in [5, 5.41) is 18.1. The van der Waals surface area contributed by atoms with Gasteiger partial charge in [0.1, 0.15) is 0 Å². The minimum atomic E-state index is -0.502. The lowest BCUT2D eigenvalue weighted by Gasteiger charge is -2.02. The second-order valence-electron chi connectivity index (χ2n) is 5.86. The molecule has 1 aromatic heterocycles. The summed E-state index contributed by atoms with van der Waals surface area (Å²) in [5.74, 6) is -0.357. The summed E-state index contributed by atoms with van der Waals surface area (Å²) in [5.41, 5.74) is 2.04. The zero-order valence-electron chi connectivity index (χ0n) is 14.0. The van der Waals surface area contributed by atoms with Crippen LogP contribution in [-0.2, 0) is 0 Å². The first-order valence-electron chi connectivity index (χ1n) is 8.11. The van der Waals surface area contributed by atoms with E-state index in [0.29, 0.717) is 10.7 Å². The molecule has 0 atom stereocenters. The minimum absolute atomic E-state index is 0.0561. The molecule has 3 aromatic carbocycles. The summed E-state index contributed by atoms with van der Waals surface area (Å²) >= 11 is 1.33. The van der Waals surface area contributed by atoms with E-state index in [9.17, 15) is 14.9 Å². The van der Waals surface area contributed by atoms with E-state index in [1.807, 2.05) is 35.7 Å². The lowest BCUT2D eigenvalue weighted by Crippen LogP contribution is -2.11. The van der Waals surface area contributed by atoms with Gasteiger partial charge in [0.2, 0.25) is 0 Å². The van der Waals surface area contributed by atoms with Crippen molar-refractivity contribution in [1.29, 1.82) is 0 Å². The van der Waals surface area contributed by atoms with Crippen LogP contribution >= 0.6 is 11.3 Å². The number of nitrogens with one attached hydrogen (secondary N) is 1. The highest BCUT2D eigenvalue weighted by Gasteiger charge is 2.12. The standard InChI is InChI=1S/C20H13N3O3S/c24-19(14-7-9-17(10-8-14)23(25)26)22-20-21-18(12-27-20)16-6-5-13-3-1-2-4-15(13)11-16/h1-12H,(H,21,22,24). The fourth-order valence-corrected chi connectivity index (χ4v) is 3.43. The lowest BCUT2D eigenvalue weighted by molar-refractivity contribution is -0.384. The van der Waals surface area contributed by atoms with Crippen molar-refractivity contribution in [3.63, 3.8) is 0 Å². The average molecular weight is 375 g/mol. The molecule has 27 heavy (non-hydrogen) atoms. The molecule has 132 valence electrons. The Balaban J connectivity index is 1.53. The Bertz CT molecular complexity index is 1150. The maximum absolute atomic E-state index is 12.3. The Morgan fingerprint density at radius 1 is 1.00 bits per heavy atom. The van der Waals surface area contributed by atoms with Crippen molar-refractivity contribution in [2.24, 2.45) is 0 Å². The molecular formula is C20H13N3O3S. The summed E-state index contributed by atoms with van der Waals surface area (Å²) in [7, 11) is 0. The highest BCUT2D eigenvalue weighted by Crippen LogP contribution is 2.28. The highest BCUT2D eigenvalue weighted by molar-refractivity contribution is 7.14. The molecule has 0 fully saturated rings. The van der Waals surface area contributed by atoms with E-state index in [-0.39, 0.29) is 11.6 Å². The number of benzene rings is 3. The van der Waals surface area contributed by atoms with E-state index in [2.05, 4.69) is 22.4 Å². The summed E-state index contributed by atoms with van der Waals surface area (Å²) in [6.45, 7) is 0. The second-order valence-corrected chi connectivity index (χ2v) is 6.72. The van der Waals surface area contributed by atoms with Gasteiger partial charge in [-0.2, -0.15) is 0 Å². The molecule has 0 saturated heterocycles. The zero-order chi connectivity index (χ0) is 18.8. The maximum Gasteiger partial charge on any atom is 0.269 e. The molecule has 0 bridgehead atoms. The van der Waals surface area contributed by atoms with Gasteiger partial charge in [0.25, 0.3) is 11.6 Å². The van der Waals surface area contributed by atoms with Crippen LogP contribution in [0.1, 0.15) is 10.4 Å². The molecule has 0 aliphatic heterocycles.